The molecule has 0 radical (unpaired) electrons. The lowest BCUT2D eigenvalue weighted by molar-refractivity contribution is -0.384. The topological polar surface area (TPSA) is 130 Å². The summed E-state index contributed by atoms with van der Waals surface area (Å²) in [5.41, 5.74) is 1.06. The zero-order chi connectivity index (χ0) is 33.3. The predicted molar refractivity (Wildman–Crippen MR) is 173 cm³/mol. The Balaban J connectivity index is 1.81. The van der Waals surface area contributed by atoms with Gasteiger partial charge < -0.3 is 10.2 Å². The number of nitrogens with one attached hydrogen (secondary N) is 1. The molecule has 4 aromatic carbocycles. The number of halogens is 1. The van der Waals surface area contributed by atoms with Gasteiger partial charge in [0, 0.05) is 31.1 Å². The van der Waals surface area contributed by atoms with E-state index in [0.29, 0.717) is 12.0 Å². The molecular weight excluding hydrogens is 611 g/mol. The number of hydrogen-bond donors (Lipinski definition) is 1. The average molecular weight is 647 g/mol. The van der Waals surface area contributed by atoms with E-state index in [2.05, 4.69) is 5.32 Å². The van der Waals surface area contributed by atoms with Crippen LogP contribution in [0.4, 0.5) is 15.8 Å². The van der Waals surface area contributed by atoms with Crippen molar-refractivity contribution in [2.75, 3.05) is 10.8 Å². The molecule has 0 aliphatic heterocycles. The number of nitro benzene ring substituents is 1. The maximum Gasteiger partial charge on any atom is 0.269 e. The Morgan fingerprint density at radius 3 is 2.02 bits per heavy atom. The fourth-order valence-electron chi connectivity index (χ4n) is 4.77. The third-order valence-electron chi connectivity index (χ3n) is 7.50. The summed E-state index contributed by atoms with van der Waals surface area (Å²) < 4.78 is 42.7. The fourth-order valence-corrected chi connectivity index (χ4v) is 6.21. The molecule has 0 unspecified atom stereocenters. The average Bonchev–Trinajstić information content (AvgIpc) is 3.06. The predicted octanol–water partition coefficient (Wildman–Crippen LogP) is 5.48. The first kappa shape index (κ1) is 33.8. The Bertz CT molecular complexity index is 1740. The Morgan fingerprint density at radius 1 is 0.870 bits per heavy atom. The molecule has 4 aromatic rings. The molecule has 240 valence electrons. The van der Waals surface area contributed by atoms with Gasteiger partial charge in [-0.25, -0.2) is 12.8 Å². The normalized spacial score (nSPS) is 12.5. The molecule has 2 atom stereocenters. The van der Waals surface area contributed by atoms with Crippen LogP contribution in [0, 0.1) is 15.9 Å². The van der Waals surface area contributed by atoms with Crippen molar-refractivity contribution in [2.24, 2.45) is 0 Å². The van der Waals surface area contributed by atoms with Gasteiger partial charge in [0.1, 0.15) is 18.4 Å². The van der Waals surface area contributed by atoms with Crippen LogP contribution in [0.15, 0.2) is 114 Å². The third kappa shape index (κ3) is 8.54. The smallest absolute Gasteiger partial charge is 0.269 e. The maximum atomic E-state index is 14.4. The van der Waals surface area contributed by atoms with Crippen molar-refractivity contribution in [3.05, 3.63) is 136 Å². The molecule has 0 aliphatic carbocycles. The van der Waals surface area contributed by atoms with Gasteiger partial charge >= 0.3 is 0 Å². The maximum absolute atomic E-state index is 14.4. The van der Waals surface area contributed by atoms with Crippen molar-refractivity contribution in [2.45, 2.75) is 50.2 Å². The van der Waals surface area contributed by atoms with Gasteiger partial charge in [-0.15, -0.1) is 0 Å². The Kier molecular flexibility index (Phi) is 11.2. The molecule has 0 bridgehead atoms. The minimum Gasteiger partial charge on any atom is -0.352 e. The molecule has 4 rings (SSSR count). The zero-order valence-electron chi connectivity index (χ0n) is 25.5. The van der Waals surface area contributed by atoms with Gasteiger partial charge in [0.05, 0.1) is 15.5 Å². The van der Waals surface area contributed by atoms with Crippen LogP contribution >= 0.6 is 0 Å². The summed E-state index contributed by atoms with van der Waals surface area (Å²) in [6, 6.07) is 25.6. The Labute approximate surface area is 267 Å². The summed E-state index contributed by atoms with van der Waals surface area (Å²) in [4.78, 5) is 40.1. The number of carbonyl (C=O) groups excluding carboxylic acids is 2. The van der Waals surface area contributed by atoms with Gasteiger partial charge in [-0.1, -0.05) is 67.6 Å². The standard InChI is InChI=1S/C34H35FN4O6S/c1-3-25(2)36-34(41)32(22-26-10-6-4-7-11-26)37(23-27-14-16-28(35)17-15-27)33(40)24-38(29-18-20-30(21-19-29)39(42)43)46(44,45)31-12-8-5-9-13-31/h4-21,25,32H,3,22-24H2,1-2H3,(H,36,41)/t25-,32-/m1/s1. The first-order chi connectivity index (χ1) is 22.0. The number of nitrogens with zero attached hydrogens (tertiary/aromatic N) is 3. The van der Waals surface area contributed by atoms with E-state index in [1.54, 1.807) is 18.2 Å². The quantitative estimate of drug-likeness (QED) is 0.143. The van der Waals surface area contributed by atoms with Crippen molar-refractivity contribution in [1.82, 2.24) is 10.2 Å². The van der Waals surface area contributed by atoms with Crippen LogP contribution in [0.25, 0.3) is 0 Å². The lowest BCUT2D eigenvalue weighted by Crippen LogP contribution is -2.54. The Hall–Kier alpha value is -5.10. The van der Waals surface area contributed by atoms with Gasteiger partial charge in [0.2, 0.25) is 11.8 Å². The fraction of sp³-hybridized carbons (Fsp3) is 0.235. The van der Waals surface area contributed by atoms with Gasteiger partial charge in [-0.2, -0.15) is 0 Å². The molecule has 0 fully saturated rings. The minimum atomic E-state index is -4.36. The van der Waals surface area contributed by atoms with E-state index in [1.165, 1.54) is 53.4 Å². The number of sulfonamides is 1. The van der Waals surface area contributed by atoms with E-state index in [0.717, 1.165) is 22.0 Å². The minimum absolute atomic E-state index is 0.0215. The second-order valence-corrected chi connectivity index (χ2v) is 12.6. The van der Waals surface area contributed by atoms with Crippen molar-refractivity contribution in [1.29, 1.82) is 0 Å². The first-order valence-electron chi connectivity index (χ1n) is 14.7. The number of hydrogen-bond acceptors (Lipinski definition) is 6. The van der Waals surface area contributed by atoms with Crippen LogP contribution in [-0.4, -0.2) is 48.7 Å². The summed E-state index contributed by atoms with van der Waals surface area (Å²) in [7, 11) is -4.36. The molecule has 46 heavy (non-hydrogen) atoms. The second-order valence-electron chi connectivity index (χ2n) is 10.8. The number of non-ortho nitro benzene ring substituents is 1. The number of rotatable bonds is 14. The van der Waals surface area contributed by atoms with Gasteiger partial charge in [-0.3, -0.25) is 24.0 Å². The summed E-state index contributed by atoms with van der Waals surface area (Å²) >= 11 is 0. The molecule has 0 spiro atoms. The summed E-state index contributed by atoms with van der Waals surface area (Å²) in [5.74, 6) is -1.61. The van der Waals surface area contributed by atoms with E-state index in [9.17, 15) is 32.5 Å². The van der Waals surface area contributed by atoms with Crippen molar-refractivity contribution < 1.29 is 27.3 Å². The van der Waals surface area contributed by atoms with E-state index in [4.69, 9.17) is 0 Å². The van der Waals surface area contributed by atoms with Crippen molar-refractivity contribution in [3.8, 4) is 0 Å². The monoisotopic (exact) mass is 646 g/mol. The number of carbonyl (C=O) groups is 2. The summed E-state index contributed by atoms with van der Waals surface area (Å²) in [5, 5.41) is 14.3. The molecule has 0 heterocycles. The van der Waals surface area contributed by atoms with Crippen molar-refractivity contribution in [3.63, 3.8) is 0 Å². The molecular formula is C34H35FN4O6S. The molecule has 0 saturated carbocycles. The highest BCUT2D eigenvalue weighted by Gasteiger charge is 2.35. The van der Waals surface area contributed by atoms with Crippen LogP contribution in [0.1, 0.15) is 31.4 Å². The van der Waals surface area contributed by atoms with Gasteiger partial charge in [-0.05, 0) is 60.9 Å². The van der Waals surface area contributed by atoms with Gasteiger partial charge in [0.15, 0.2) is 0 Å². The number of anilines is 1. The zero-order valence-corrected chi connectivity index (χ0v) is 26.3. The molecule has 1 N–H and O–H groups in total. The SMILES string of the molecule is CC[C@@H](C)NC(=O)[C@@H](Cc1ccccc1)N(Cc1ccc(F)cc1)C(=O)CN(c1ccc([N+](=O)[O-])cc1)S(=O)(=O)c1ccccc1. The summed E-state index contributed by atoms with van der Waals surface area (Å²) in [6.07, 6.45) is 0.762. The van der Waals surface area contributed by atoms with Crippen LogP contribution in [-0.2, 0) is 32.6 Å². The van der Waals surface area contributed by atoms with E-state index in [1.807, 2.05) is 44.2 Å². The molecule has 2 amide bonds. The molecule has 0 aliphatic rings. The highest BCUT2D eigenvalue weighted by molar-refractivity contribution is 7.92. The molecule has 12 heteroatoms. The van der Waals surface area contributed by atoms with Crippen LogP contribution < -0.4 is 9.62 Å². The number of amides is 2. The first-order valence-corrected chi connectivity index (χ1v) is 16.1. The van der Waals surface area contributed by atoms with E-state index < -0.39 is 45.2 Å². The third-order valence-corrected chi connectivity index (χ3v) is 9.28. The van der Waals surface area contributed by atoms with E-state index >= 15 is 0 Å². The van der Waals surface area contributed by atoms with Crippen LogP contribution in [0.3, 0.4) is 0 Å². The highest BCUT2D eigenvalue weighted by atomic mass is 32.2. The summed E-state index contributed by atoms with van der Waals surface area (Å²) in [6.45, 7) is 2.91. The number of nitro groups is 1. The second kappa shape index (κ2) is 15.3. The molecule has 10 nitrogen and oxygen atoms in total. The van der Waals surface area contributed by atoms with Crippen molar-refractivity contribution >= 4 is 33.2 Å². The lowest BCUT2D eigenvalue weighted by atomic mass is 10.0. The Morgan fingerprint density at radius 2 is 1.46 bits per heavy atom. The molecule has 0 saturated heterocycles. The highest BCUT2D eigenvalue weighted by Crippen LogP contribution is 2.27. The molecule has 0 aromatic heterocycles. The lowest BCUT2D eigenvalue weighted by Gasteiger charge is -2.34. The van der Waals surface area contributed by atoms with Crippen LogP contribution in [0.5, 0.6) is 0 Å². The largest absolute Gasteiger partial charge is 0.352 e. The number of benzene rings is 4. The van der Waals surface area contributed by atoms with Crippen LogP contribution in [0.2, 0.25) is 0 Å². The van der Waals surface area contributed by atoms with Gasteiger partial charge in [0.25, 0.3) is 15.7 Å². The van der Waals surface area contributed by atoms with E-state index in [-0.39, 0.29) is 35.3 Å².